The fourth-order valence-corrected chi connectivity index (χ4v) is 1.83. The molecule has 0 fully saturated rings. The molecular formula is C15H14BrClN2O2. The van der Waals surface area contributed by atoms with Crippen LogP contribution in [-0.2, 0) is 0 Å². The molecule has 0 atom stereocenters. The molecule has 2 rings (SSSR count). The number of rotatable bonds is 2. The minimum atomic E-state index is -0.0579. The van der Waals surface area contributed by atoms with Crippen LogP contribution in [0.4, 0.5) is 0 Å². The number of carbonyl (C=O) groups excluding carboxylic acids is 1. The van der Waals surface area contributed by atoms with Crippen molar-refractivity contribution in [1.82, 2.24) is 5.32 Å². The van der Waals surface area contributed by atoms with Crippen LogP contribution in [0, 0.1) is 5.41 Å². The van der Waals surface area contributed by atoms with Crippen LogP contribution in [0.15, 0.2) is 46.9 Å². The standard InChI is InChI=1S/C8H8BrNO.C7H6ClNO/c1-10-8(11)6-2-4-7(9)5-3-6;8-6-1-2-7(10)5(3-6)4-9/h2-5H,1H3,(H,10,11);1-4,9-10H. The van der Waals surface area contributed by atoms with Gasteiger partial charge in [-0.05, 0) is 42.5 Å². The Morgan fingerprint density at radius 2 is 1.90 bits per heavy atom. The summed E-state index contributed by atoms with van der Waals surface area (Å²) in [6.45, 7) is 0. The average molecular weight is 370 g/mol. The second-order valence-electron chi connectivity index (χ2n) is 3.93. The van der Waals surface area contributed by atoms with Crippen LogP contribution in [0.1, 0.15) is 15.9 Å². The van der Waals surface area contributed by atoms with Crippen molar-refractivity contribution >= 4 is 39.7 Å². The molecule has 0 unspecified atom stereocenters. The van der Waals surface area contributed by atoms with Crippen LogP contribution in [-0.4, -0.2) is 24.3 Å². The first kappa shape index (κ1) is 17.2. The maximum atomic E-state index is 11.0. The molecule has 4 nitrogen and oxygen atoms in total. The number of carbonyl (C=O) groups is 1. The van der Waals surface area contributed by atoms with E-state index in [4.69, 9.17) is 22.1 Å². The summed E-state index contributed by atoms with van der Waals surface area (Å²) in [5.41, 5.74) is 1.11. The van der Waals surface area contributed by atoms with E-state index in [9.17, 15) is 4.79 Å². The van der Waals surface area contributed by atoms with Crippen molar-refractivity contribution in [1.29, 1.82) is 5.41 Å². The lowest BCUT2D eigenvalue weighted by molar-refractivity contribution is 0.0963. The molecule has 0 bridgehead atoms. The fourth-order valence-electron chi connectivity index (χ4n) is 1.39. The molecule has 110 valence electrons. The van der Waals surface area contributed by atoms with Gasteiger partial charge in [-0.25, -0.2) is 0 Å². The highest BCUT2D eigenvalue weighted by Gasteiger charge is 2.00. The third kappa shape index (κ3) is 5.57. The Bertz CT molecular complexity index is 630. The second kappa shape index (κ2) is 8.44. The summed E-state index contributed by atoms with van der Waals surface area (Å²) in [7, 11) is 1.62. The van der Waals surface area contributed by atoms with Crippen molar-refractivity contribution < 1.29 is 9.90 Å². The number of phenols is 1. The van der Waals surface area contributed by atoms with Crippen LogP contribution in [0.3, 0.4) is 0 Å². The molecule has 21 heavy (non-hydrogen) atoms. The normalized spacial score (nSPS) is 9.29. The molecule has 2 aromatic carbocycles. The second-order valence-corrected chi connectivity index (χ2v) is 5.29. The van der Waals surface area contributed by atoms with E-state index in [0.717, 1.165) is 10.7 Å². The van der Waals surface area contributed by atoms with Gasteiger partial charge in [0, 0.05) is 33.9 Å². The van der Waals surface area contributed by atoms with Gasteiger partial charge in [0.1, 0.15) is 5.75 Å². The Hall–Kier alpha value is -1.85. The molecular weight excluding hydrogens is 356 g/mol. The molecule has 0 saturated carbocycles. The third-order valence-electron chi connectivity index (χ3n) is 2.48. The van der Waals surface area contributed by atoms with E-state index in [-0.39, 0.29) is 11.7 Å². The summed E-state index contributed by atoms with van der Waals surface area (Å²) in [4.78, 5) is 11.0. The Balaban J connectivity index is 0.000000211. The fraction of sp³-hybridized carbons (Fsp3) is 0.0667. The number of benzene rings is 2. The highest BCUT2D eigenvalue weighted by atomic mass is 79.9. The van der Waals surface area contributed by atoms with Gasteiger partial charge in [0.2, 0.25) is 0 Å². The van der Waals surface area contributed by atoms with Crippen molar-refractivity contribution in [2.24, 2.45) is 0 Å². The van der Waals surface area contributed by atoms with Crippen molar-refractivity contribution in [2.45, 2.75) is 0 Å². The maximum Gasteiger partial charge on any atom is 0.251 e. The van der Waals surface area contributed by atoms with Gasteiger partial charge in [0.25, 0.3) is 5.91 Å². The molecule has 2 aromatic rings. The Morgan fingerprint density at radius 1 is 1.29 bits per heavy atom. The van der Waals surface area contributed by atoms with Gasteiger partial charge in [-0.1, -0.05) is 27.5 Å². The lowest BCUT2D eigenvalue weighted by Gasteiger charge is -1.97. The van der Waals surface area contributed by atoms with E-state index in [1.165, 1.54) is 12.1 Å². The SMILES string of the molecule is CNC(=O)c1ccc(Br)cc1.N=Cc1cc(Cl)ccc1O. The predicted octanol–water partition coefficient (Wildman–Crippen LogP) is 3.85. The number of hydrogen-bond acceptors (Lipinski definition) is 3. The van der Waals surface area contributed by atoms with Gasteiger partial charge in [-0.3, -0.25) is 4.79 Å². The molecule has 0 aliphatic rings. The van der Waals surface area contributed by atoms with Crippen LogP contribution >= 0.6 is 27.5 Å². The summed E-state index contributed by atoms with van der Waals surface area (Å²) >= 11 is 8.87. The van der Waals surface area contributed by atoms with Crippen molar-refractivity contribution in [3.8, 4) is 5.75 Å². The summed E-state index contributed by atoms with van der Waals surface area (Å²) in [5, 5.41) is 18.9. The van der Waals surface area contributed by atoms with Gasteiger partial charge in [0.15, 0.2) is 0 Å². The minimum Gasteiger partial charge on any atom is -0.507 e. The van der Waals surface area contributed by atoms with Gasteiger partial charge in [-0.2, -0.15) is 0 Å². The molecule has 0 aliphatic heterocycles. The van der Waals surface area contributed by atoms with Crippen molar-refractivity contribution in [3.63, 3.8) is 0 Å². The minimum absolute atomic E-state index is 0.0579. The van der Waals surface area contributed by atoms with Crippen LogP contribution in [0.25, 0.3) is 0 Å². The lowest BCUT2D eigenvalue weighted by atomic mass is 10.2. The highest BCUT2D eigenvalue weighted by Crippen LogP contribution is 2.19. The van der Waals surface area contributed by atoms with E-state index < -0.39 is 0 Å². The van der Waals surface area contributed by atoms with E-state index in [1.807, 2.05) is 12.1 Å². The number of halogens is 2. The topological polar surface area (TPSA) is 73.2 Å². The molecule has 0 aromatic heterocycles. The molecule has 1 amide bonds. The zero-order valence-corrected chi connectivity index (χ0v) is 13.6. The summed E-state index contributed by atoms with van der Waals surface area (Å²) < 4.78 is 0.977. The number of aromatic hydroxyl groups is 1. The Kier molecular flexibility index (Phi) is 6.91. The number of nitrogens with one attached hydrogen (secondary N) is 2. The van der Waals surface area contributed by atoms with Gasteiger partial charge in [0.05, 0.1) is 0 Å². The van der Waals surface area contributed by atoms with Crippen molar-refractivity contribution in [2.75, 3.05) is 7.05 Å². The molecule has 0 heterocycles. The van der Waals surface area contributed by atoms with E-state index in [0.29, 0.717) is 16.1 Å². The lowest BCUT2D eigenvalue weighted by Crippen LogP contribution is -2.17. The molecule has 0 spiro atoms. The average Bonchev–Trinajstić information content (AvgIpc) is 2.50. The smallest absolute Gasteiger partial charge is 0.251 e. The summed E-state index contributed by atoms with van der Waals surface area (Å²) in [6, 6.07) is 11.8. The quantitative estimate of drug-likeness (QED) is 0.703. The number of hydrogen-bond donors (Lipinski definition) is 3. The van der Waals surface area contributed by atoms with Gasteiger partial charge in [-0.15, -0.1) is 0 Å². The third-order valence-corrected chi connectivity index (χ3v) is 3.24. The predicted molar refractivity (Wildman–Crippen MR) is 88.5 cm³/mol. The first-order valence-electron chi connectivity index (χ1n) is 5.94. The Labute approximate surface area is 136 Å². The number of amides is 1. The summed E-state index contributed by atoms with van der Waals surface area (Å²) in [5.74, 6) is 0.0249. The van der Waals surface area contributed by atoms with Gasteiger partial charge >= 0.3 is 0 Å². The molecule has 3 N–H and O–H groups in total. The Morgan fingerprint density at radius 3 is 2.38 bits per heavy atom. The largest absolute Gasteiger partial charge is 0.507 e. The monoisotopic (exact) mass is 368 g/mol. The number of phenolic OH excluding ortho intramolecular Hbond substituents is 1. The molecule has 0 saturated heterocycles. The first-order valence-corrected chi connectivity index (χ1v) is 7.11. The van der Waals surface area contributed by atoms with Crippen LogP contribution in [0.2, 0.25) is 5.02 Å². The summed E-state index contributed by atoms with van der Waals surface area (Å²) in [6.07, 6.45) is 1.06. The van der Waals surface area contributed by atoms with E-state index in [2.05, 4.69) is 21.2 Å². The molecule has 0 radical (unpaired) electrons. The molecule has 6 heteroatoms. The van der Waals surface area contributed by atoms with Crippen LogP contribution in [0.5, 0.6) is 5.75 Å². The zero-order valence-electron chi connectivity index (χ0n) is 11.2. The van der Waals surface area contributed by atoms with Crippen LogP contribution < -0.4 is 5.32 Å². The van der Waals surface area contributed by atoms with Crippen molar-refractivity contribution in [3.05, 3.63) is 63.1 Å². The first-order chi connectivity index (χ1) is 9.97. The van der Waals surface area contributed by atoms with E-state index in [1.54, 1.807) is 25.2 Å². The highest BCUT2D eigenvalue weighted by molar-refractivity contribution is 9.10. The van der Waals surface area contributed by atoms with Gasteiger partial charge < -0.3 is 15.8 Å². The van der Waals surface area contributed by atoms with E-state index >= 15 is 0 Å². The maximum absolute atomic E-state index is 11.0. The molecule has 0 aliphatic carbocycles. The zero-order chi connectivity index (χ0) is 15.8.